The minimum Gasteiger partial charge on any atom is -0.489 e. The average Bonchev–Trinajstić information content (AvgIpc) is 2.48. The molecule has 2 aromatic carbocycles. The molecule has 0 aliphatic carbocycles. The Bertz CT molecular complexity index is 677. The third kappa shape index (κ3) is 2.16. The molecule has 0 radical (unpaired) electrons. The lowest BCUT2D eigenvalue weighted by molar-refractivity contribution is 0.103. The van der Waals surface area contributed by atoms with Crippen LogP contribution < -0.4 is 10.1 Å². The summed E-state index contributed by atoms with van der Waals surface area (Å²) in [6.07, 6.45) is 0. The zero-order chi connectivity index (χ0) is 14.1. The van der Waals surface area contributed by atoms with Crippen molar-refractivity contribution < 1.29 is 9.53 Å². The van der Waals surface area contributed by atoms with Crippen LogP contribution in [-0.4, -0.2) is 18.9 Å². The number of para-hydroxylation sites is 1. The van der Waals surface area contributed by atoms with Gasteiger partial charge in [-0.15, -0.1) is 0 Å². The quantitative estimate of drug-likeness (QED) is 0.848. The van der Waals surface area contributed by atoms with E-state index in [0.717, 1.165) is 28.9 Å². The Balaban J connectivity index is 2.09. The number of carbonyl (C=O) groups is 1. The van der Waals surface area contributed by atoms with E-state index in [1.54, 1.807) is 0 Å². The Hall–Kier alpha value is -2.29. The molecule has 20 heavy (non-hydrogen) atoms. The van der Waals surface area contributed by atoms with Crippen molar-refractivity contribution in [3.8, 4) is 5.75 Å². The van der Waals surface area contributed by atoms with Crippen LogP contribution in [0.3, 0.4) is 0 Å². The Labute approximate surface area is 118 Å². The number of fused-ring (bicyclic) bond motifs is 1. The highest BCUT2D eigenvalue weighted by Gasteiger charge is 2.21. The largest absolute Gasteiger partial charge is 0.489 e. The summed E-state index contributed by atoms with van der Waals surface area (Å²) in [7, 11) is 0. The van der Waals surface area contributed by atoms with Gasteiger partial charge in [0, 0.05) is 12.1 Å². The van der Waals surface area contributed by atoms with E-state index in [1.165, 1.54) is 0 Å². The molecule has 0 unspecified atom stereocenters. The second-order valence-electron chi connectivity index (χ2n) is 5.10. The molecule has 1 heterocycles. The van der Waals surface area contributed by atoms with Crippen LogP contribution >= 0.6 is 0 Å². The maximum atomic E-state index is 12.8. The topological polar surface area (TPSA) is 38.3 Å². The van der Waals surface area contributed by atoms with Crippen LogP contribution in [0.5, 0.6) is 5.75 Å². The summed E-state index contributed by atoms with van der Waals surface area (Å²) < 4.78 is 5.68. The second kappa shape index (κ2) is 5.00. The summed E-state index contributed by atoms with van der Waals surface area (Å²) in [5.74, 6) is 0.691. The van der Waals surface area contributed by atoms with Crippen LogP contribution in [0.4, 0.5) is 5.69 Å². The SMILES string of the molecule is Cc1ccc(C)c(C(=O)c2cccc3c2OCCN3)c1. The van der Waals surface area contributed by atoms with Crippen molar-refractivity contribution in [3.05, 3.63) is 58.7 Å². The maximum Gasteiger partial charge on any atom is 0.197 e. The summed E-state index contributed by atoms with van der Waals surface area (Å²) in [4.78, 5) is 12.8. The number of hydrogen-bond acceptors (Lipinski definition) is 3. The molecular formula is C17H17NO2. The van der Waals surface area contributed by atoms with Gasteiger partial charge in [-0.3, -0.25) is 4.79 Å². The van der Waals surface area contributed by atoms with E-state index in [9.17, 15) is 4.79 Å². The van der Waals surface area contributed by atoms with Crippen molar-refractivity contribution in [2.45, 2.75) is 13.8 Å². The Morgan fingerprint density at radius 3 is 2.85 bits per heavy atom. The number of hydrogen-bond donors (Lipinski definition) is 1. The lowest BCUT2D eigenvalue weighted by Crippen LogP contribution is -2.20. The summed E-state index contributed by atoms with van der Waals surface area (Å²) in [6, 6.07) is 11.6. The van der Waals surface area contributed by atoms with E-state index in [0.29, 0.717) is 17.9 Å². The van der Waals surface area contributed by atoms with Gasteiger partial charge in [-0.1, -0.05) is 23.8 Å². The molecule has 0 fully saturated rings. The molecule has 0 amide bonds. The van der Waals surface area contributed by atoms with Crippen molar-refractivity contribution >= 4 is 11.5 Å². The van der Waals surface area contributed by atoms with Gasteiger partial charge in [-0.25, -0.2) is 0 Å². The number of nitrogens with one attached hydrogen (secondary N) is 1. The van der Waals surface area contributed by atoms with Crippen molar-refractivity contribution in [2.75, 3.05) is 18.5 Å². The maximum absolute atomic E-state index is 12.8. The Morgan fingerprint density at radius 2 is 2.00 bits per heavy atom. The first kappa shape index (κ1) is 12.7. The normalized spacial score (nSPS) is 13.1. The summed E-state index contributed by atoms with van der Waals surface area (Å²) in [5.41, 5.74) is 4.34. The molecule has 3 rings (SSSR count). The first-order valence-corrected chi connectivity index (χ1v) is 6.78. The van der Waals surface area contributed by atoms with Gasteiger partial charge in [-0.05, 0) is 37.6 Å². The fourth-order valence-corrected chi connectivity index (χ4v) is 2.47. The van der Waals surface area contributed by atoms with Crippen LogP contribution in [0, 0.1) is 13.8 Å². The number of rotatable bonds is 2. The smallest absolute Gasteiger partial charge is 0.197 e. The molecule has 1 N–H and O–H groups in total. The zero-order valence-corrected chi connectivity index (χ0v) is 11.7. The van der Waals surface area contributed by atoms with Crippen LogP contribution in [-0.2, 0) is 0 Å². The molecule has 0 atom stereocenters. The van der Waals surface area contributed by atoms with E-state index in [1.807, 2.05) is 50.2 Å². The van der Waals surface area contributed by atoms with E-state index < -0.39 is 0 Å². The minimum atomic E-state index is 0.0201. The predicted octanol–water partition coefficient (Wildman–Crippen LogP) is 3.34. The Morgan fingerprint density at radius 1 is 1.15 bits per heavy atom. The minimum absolute atomic E-state index is 0.0201. The van der Waals surface area contributed by atoms with Crippen molar-refractivity contribution in [1.29, 1.82) is 0 Å². The molecule has 102 valence electrons. The third-order valence-corrected chi connectivity index (χ3v) is 3.56. The van der Waals surface area contributed by atoms with E-state index >= 15 is 0 Å². The van der Waals surface area contributed by atoms with Gasteiger partial charge in [0.25, 0.3) is 0 Å². The number of ketones is 1. The molecule has 0 aromatic heterocycles. The highest BCUT2D eigenvalue weighted by Crippen LogP contribution is 2.33. The van der Waals surface area contributed by atoms with Gasteiger partial charge in [0.2, 0.25) is 0 Å². The molecule has 2 aromatic rings. The van der Waals surface area contributed by atoms with Crippen molar-refractivity contribution in [1.82, 2.24) is 0 Å². The molecule has 1 aliphatic rings. The standard InChI is InChI=1S/C17H17NO2/c1-11-6-7-12(2)14(10-11)16(19)13-4-3-5-15-17(13)20-9-8-18-15/h3-7,10,18H,8-9H2,1-2H3. The fourth-order valence-electron chi connectivity index (χ4n) is 2.47. The fraction of sp³-hybridized carbons (Fsp3) is 0.235. The molecule has 1 aliphatic heterocycles. The number of carbonyl (C=O) groups excluding carboxylic acids is 1. The predicted molar refractivity (Wildman–Crippen MR) is 79.8 cm³/mol. The molecule has 0 saturated heterocycles. The molecule has 3 nitrogen and oxygen atoms in total. The average molecular weight is 267 g/mol. The number of ether oxygens (including phenoxy) is 1. The van der Waals surface area contributed by atoms with Gasteiger partial charge < -0.3 is 10.1 Å². The molecule has 0 saturated carbocycles. The van der Waals surface area contributed by atoms with E-state index in [4.69, 9.17) is 4.74 Å². The summed E-state index contributed by atoms with van der Waals surface area (Å²) in [5, 5.41) is 3.26. The van der Waals surface area contributed by atoms with Crippen molar-refractivity contribution in [3.63, 3.8) is 0 Å². The molecule has 0 spiro atoms. The van der Waals surface area contributed by atoms with Gasteiger partial charge in [0.15, 0.2) is 11.5 Å². The van der Waals surface area contributed by atoms with Gasteiger partial charge in [0.05, 0.1) is 11.3 Å². The van der Waals surface area contributed by atoms with E-state index in [2.05, 4.69) is 5.32 Å². The van der Waals surface area contributed by atoms with Crippen LogP contribution in [0.1, 0.15) is 27.0 Å². The number of benzene rings is 2. The summed E-state index contributed by atoms with van der Waals surface area (Å²) in [6.45, 7) is 5.31. The second-order valence-corrected chi connectivity index (χ2v) is 5.10. The van der Waals surface area contributed by atoms with Gasteiger partial charge in [0.1, 0.15) is 6.61 Å². The Kier molecular flexibility index (Phi) is 3.18. The number of anilines is 1. The van der Waals surface area contributed by atoms with Crippen LogP contribution in [0.25, 0.3) is 0 Å². The highest BCUT2D eigenvalue weighted by molar-refractivity contribution is 6.12. The monoisotopic (exact) mass is 267 g/mol. The van der Waals surface area contributed by atoms with Gasteiger partial charge >= 0.3 is 0 Å². The lowest BCUT2D eigenvalue weighted by Gasteiger charge is -2.21. The summed E-state index contributed by atoms with van der Waals surface area (Å²) >= 11 is 0. The van der Waals surface area contributed by atoms with Crippen LogP contribution in [0.2, 0.25) is 0 Å². The zero-order valence-electron chi connectivity index (χ0n) is 11.7. The highest BCUT2D eigenvalue weighted by atomic mass is 16.5. The molecule has 0 bridgehead atoms. The first-order valence-electron chi connectivity index (χ1n) is 6.78. The lowest BCUT2D eigenvalue weighted by atomic mass is 9.96. The van der Waals surface area contributed by atoms with E-state index in [-0.39, 0.29) is 5.78 Å². The van der Waals surface area contributed by atoms with Crippen LogP contribution in [0.15, 0.2) is 36.4 Å². The van der Waals surface area contributed by atoms with Gasteiger partial charge in [-0.2, -0.15) is 0 Å². The van der Waals surface area contributed by atoms with Crippen molar-refractivity contribution in [2.24, 2.45) is 0 Å². The first-order chi connectivity index (χ1) is 9.66. The molecular weight excluding hydrogens is 250 g/mol. The molecule has 3 heteroatoms. The third-order valence-electron chi connectivity index (χ3n) is 3.56. The number of aryl methyl sites for hydroxylation is 2.